The number of nitrogens with zero attached hydrogens (tertiary/aromatic N) is 4. The SMILES string of the molecule is CC(C)Oc1cccc(-c2n[nH]c(=S)n2/N=C\c2cc([N+](=O)[O-])ccc2Cl)c1. The number of benzene rings is 2. The van der Waals surface area contributed by atoms with Gasteiger partial charge < -0.3 is 4.74 Å². The first-order valence-corrected chi connectivity index (χ1v) is 9.06. The summed E-state index contributed by atoms with van der Waals surface area (Å²) in [6, 6.07) is 11.5. The Morgan fingerprint density at radius 3 is 2.86 bits per heavy atom. The monoisotopic (exact) mass is 417 g/mol. The maximum Gasteiger partial charge on any atom is 0.270 e. The zero-order chi connectivity index (χ0) is 20.3. The van der Waals surface area contributed by atoms with Crippen LogP contribution in [0.5, 0.6) is 5.75 Å². The molecule has 3 aromatic rings. The van der Waals surface area contributed by atoms with Crippen LogP contribution < -0.4 is 4.74 Å². The molecule has 0 aliphatic carbocycles. The van der Waals surface area contributed by atoms with Crippen LogP contribution in [-0.2, 0) is 0 Å². The van der Waals surface area contributed by atoms with E-state index in [1.54, 1.807) is 0 Å². The van der Waals surface area contributed by atoms with Crippen molar-refractivity contribution in [2.45, 2.75) is 20.0 Å². The first kappa shape index (κ1) is 19.7. The minimum atomic E-state index is -0.497. The second kappa shape index (κ2) is 8.32. The van der Waals surface area contributed by atoms with Crippen LogP contribution in [0.25, 0.3) is 11.4 Å². The summed E-state index contributed by atoms with van der Waals surface area (Å²) in [4.78, 5) is 10.5. The fraction of sp³-hybridized carbons (Fsp3) is 0.167. The van der Waals surface area contributed by atoms with Crippen LogP contribution in [0.2, 0.25) is 5.02 Å². The number of H-pyrrole nitrogens is 1. The van der Waals surface area contributed by atoms with E-state index >= 15 is 0 Å². The number of non-ortho nitro benzene ring substituents is 1. The van der Waals surface area contributed by atoms with E-state index in [9.17, 15) is 10.1 Å². The highest BCUT2D eigenvalue weighted by Gasteiger charge is 2.11. The van der Waals surface area contributed by atoms with Gasteiger partial charge in [-0.1, -0.05) is 23.7 Å². The second-order valence-corrected chi connectivity index (χ2v) is 6.86. The van der Waals surface area contributed by atoms with Gasteiger partial charge in [-0.25, -0.2) is 5.10 Å². The van der Waals surface area contributed by atoms with Crippen LogP contribution in [0, 0.1) is 14.9 Å². The maximum absolute atomic E-state index is 11.0. The number of aromatic amines is 1. The number of aromatic nitrogens is 3. The van der Waals surface area contributed by atoms with E-state index in [-0.39, 0.29) is 16.6 Å². The Balaban J connectivity index is 1.99. The fourth-order valence-corrected chi connectivity index (χ4v) is 2.78. The van der Waals surface area contributed by atoms with E-state index in [2.05, 4.69) is 15.3 Å². The zero-order valence-electron chi connectivity index (χ0n) is 15.0. The number of hydrogen-bond donors (Lipinski definition) is 1. The van der Waals surface area contributed by atoms with E-state index in [1.807, 2.05) is 38.1 Å². The second-order valence-electron chi connectivity index (χ2n) is 6.07. The summed E-state index contributed by atoms with van der Waals surface area (Å²) in [6.45, 7) is 3.88. The van der Waals surface area contributed by atoms with Crippen LogP contribution in [-0.4, -0.2) is 32.1 Å². The highest BCUT2D eigenvalue weighted by molar-refractivity contribution is 7.71. The largest absolute Gasteiger partial charge is 0.491 e. The summed E-state index contributed by atoms with van der Waals surface area (Å²) in [5.41, 5.74) is 1.05. The number of halogens is 1. The molecular weight excluding hydrogens is 402 g/mol. The molecule has 1 heterocycles. The molecule has 144 valence electrons. The molecule has 10 heteroatoms. The molecule has 0 aliphatic heterocycles. The third-order valence-corrected chi connectivity index (χ3v) is 4.23. The van der Waals surface area contributed by atoms with Gasteiger partial charge in [-0.2, -0.15) is 14.9 Å². The quantitative estimate of drug-likeness (QED) is 0.268. The predicted molar refractivity (Wildman–Crippen MR) is 110 cm³/mol. The highest BCUT2D eigenvalue weighted by Crippen LogP contribution is 2.24. The molecule has 3 rings (SSSR count). The van der Waals surface area contributed by atoms with Gasteiger partial charge in [0, 0.05) is 28.3 Å². The molecule has 0 amide bonds. The van der Waals surface area contributed by atoms with Gasteiger partial charge in [-0.15, -0.1) is 0 Å². The Labute approximate surface area is 170 Å². The molecule has 0 atom stereocenters. The fourth-order valence-electron chi connectivity index (χ4n) is 2.43. The number of nitro benzene ring substituents is 1. The van der Waals surface area contributed by atoms with Crippen LogP contribution in [0.4, 0.5) is 5.69 Å². The summed E-state index contributed by atoms with van der Waals surface area (Å²) in [6.07, 6.45) is 1.43. The van der Waals surface area contributed by atoms with Crippen molar-refractivity contribution in [3.8, 4) is 17.1 Å². The molecule has 0 spiro atoms. The number of nitrogens with one attached hydrogen (secondary N) is 1. The first-order chi connectivity index (χ1) is 13.3. The summed E-state index contributed by atoms with van der Waals surface area (Å²) in [5.74, 6) is 1.16. The molecule has 1 N–H and O–H groups in total. The smallest absolute Gasteiger partial charge is 0.270 e. The number of nitro groups is 1. The van der Waals surface area contributed by atoms with Gasteiger partial charge in [0.15, 0.2) is 5.82 Å². The Hall–Kier alpha value is -3.04. The van der Waals surface area contributed by atoms with Gasteiger partial charge in [0.2, 0.25) is 4.77 Å². The van der Waals surface area contributed by atoms with E-state index in [0.29, 0.717) is 22.2 Å². The molecule has 0 radical (unpaired) electrons. The normalized spacial score (nSPS) is 11.3. The average molecular weight is 418 g/mol. The lowest BCUT2D eigenvalue weighted by Crippen LogP contribution is -2.05. The minimum absolute atomic E-state index is 0.0325. The minimum Gasteiger partial charge on any atom is -0.491 e. The summed E-state index contributed by atoms with van der Waals surface area (Å²) in [7, 11) is 0. The predicted octanol–water partition coefficient (Wildman–Crippen LogP) is 4.84. The zero-order valence-corrected chi connectivity index (χ0v) is 16.6. The summed E-state index contributed by atoms with van der Waals surface area (Å²) < 4.78 is 7.39. The molecular formula is C18H16ClN5O3S. The van der Waals surface area contributed by atoms with E-state index < -0.39 is 4.92 Å². The topological polar surface area (TPSA) is 98.3 Å². The van der Waals surface area contributed by atoms with E-state index in [0.717, 1.165) is 5.56 Å². The maximum atomic E-state index is 11.0. The third-order valence-electron chi connectivity index (χ3n) is 3.62. The molecule has 0 aliphatic rings. The molecule has 8 nitrogen and oxygen atoms in total. The molecule has 28 heavy (non-hydrogen) atoms. The Morgan fingerprint density at radius 1 is 1.36 bits per heavy atom. The Bertz CT molecular complexity index is 1110. The van der Waals surface area contributed by atoms with Gasteiger partial charge >= 0.3 is 0 Å². The van der Waals surface area contributed by atoms with Crippen molar-refractivity contribution >= 4 is 35.7 Å². The van der Waals surface area contributed by atoms with Crippen LogP contribution in [0.1, 0.15) is 19.4 Å². The first-order valence-electron chi connectivity index (χ1n) is 8.28. The van der Waals surface area contributed by atoms with Crippen molar-refractivity contribution < 1.29 is 9.66 Å². The van der Waals surface area contributed by atoms with E-state index in [4.69, 9.17) is 28.6 Å². The number of rotatable bonds is 6. The summed E-state index contributed by atoms with van der Waals surface area (Å²) >= 11 is 11.4. The van der Waals surface area contributed by atoms with Crippen molar-refractivity contribution in [2.75, 3.05) is 0 Å². The summed E-state index contributed by atoms with van der Waals surface area (Å²) in [5, 5.41) is 22.5. The number of ether oxygens (including phenoxy) is 1. The van der Waals surface area contributed by atoms with Gasteiger partial charge in [-0.05, 0) is 44.3 Å². The lowest BCUT2D eigenvalue weighted by Gasteiger charge is -2.10. The number of hydrogen-bond acceptors (Lipinski definition) is 6. The molecule has 0 bridgehead atoms. The molecule has 0 saturated carbocycles. The highest BCUT2D eigenvalue weighted by atomic mass is 35.5. The van der Waals surface area contributed by atoms with Gasteiger partial charge in [0.05, 0.1) is 17.2 Å². The third kappa shape index (κ3) is 4.44. The van der Waals surface area contributed by atoms with Crippen molar-refractivity contribution in [3.63, 3.8) is 0 Å². The molecule has 0 saturated heterocycles. The van der Waals surface area contributed by atoms with Gasteiger partial charge in [-0.3, -0.25) is 10.1 Å². The molecule has 0 fully saturated rings. The van der Waals surface area contributed by atoms with Gasteiger partial charge in [0.1, 0.15) is 5.75 Å². The van der Waals surface area contributed by atoms with Gasteiger partial charge in [0.25, 0.3) is 5.69 Å². The van der Waals surface area contributed by atoms with E-state index in [1.165, 1.54) is 29.1 Å². The van der Waals surface area contributed by atoms with Crippen LogP contribution in [0.15, 0.2) is 47.6 Å². The lowest BCUT2D eigenvalue weighted by atomic mass is 10.2. The van der Waals surface area contributed by atoms with Crippen molar-refractivity contribution in [1.29, 1.82) is 0 Å². The Kier molecular flexibility index (Phi) is 5.86. The van der Waals surface area contributed by atoms with Crippen molar-refractivity contribution in [1.82, 2.24) is 14.9 Å². The molecule has 2 aromatic carbocycles. The van der Waals surface area contributed by atoms with Crippen molar-refractivity contribution in [3.05, 3.63) is 67.9 Å². The average Bonchev–Trinajstić information content (AvgIpc) is 3.01. The Morgan fingerprint density at radius 2 is 2.14 bits per heavy atom. The van der Waals surface area contributed by atoms with Crippen LogP contribution in [0.3, 0.4) is 0 Å². The van der Waals surface area contributed by atoms with Crippen LogP contribution >= 0.6 is 23.8 Å². The standard InChI is InChI=1S/C18H16ClN5O3S/c1-11(2)27-15-5-3-4-12(9-15)17-21-22-18(28)23(17)20-10-13-8-14(24(25)26)6-7-16(13)19/h3-11H,1-2H3,(H,22,28)/b20-10-. The lowest BCUT2D eigenvalue weighted by molar-refractivity contribution is -0.384. The molecule has 0 unspecified atom stereocenters. The van der Waals surface area contributed by atoms with Crippen molar-refractivity contribution in [2.24, 2.45) is 5.10 Å². The molecule has 1 aromatic heterocycles.